The van der Waals surface area contributed by atoms with Gasteiger partial charge in [-0.25, -0.2) is 4.79 Å². The van der Waals surface area contributed by atoms with E-state index >= 15 is 0 Å². The lowest BCUT2D eigenvalue weighted by molar-refractivity contribution is -0.146. The van der Waals surface area contributed by atoms with E-state index in [-0.39, 0.29) is 0 Å². The third-order valence-corrected chi connectivity index (χ3v) is 3.71. The predicted molar refractivity (Wildman–Crippen MR) is 98.9 cm³/mol. The molecule has 0 heterocycles. The van der Waals surface area contributed by atoms with E-state index < -0.39 is 12.1 Å². The molecule has 0 aromatic carbocycles. The van der Waals surface area contributed by atoms with E-state index in [1.807, 2.05) is 0 Å². The first-order valence-corrected chi connectivity index (χ1v) is 9.15. The Kier molecular flexibility index (Phi) is 16.9. The summed E-state index contributed by atoms with van der Waals surface area (Å²) in [6.45, 7) is 0.299. The average Bonchev–Trinajstić information content (AvgIpc) is 2.57. The van der Waals surface area contributed by atoms with E-state index in [0.29, 0.717) is 13.0 Å². The predicted octanol–water partition coefficient (Wildman–Crippen LogP) is 4.38. The van der Waals surface area contributed by atoms with Crippen LogP contribution in [-0.2, 0) is 4.79 Å². The van der Waals surface area contributed by atoms with E-state index in [9.17, 15) is 4.79 Å². The highest BCUT2D eigenvalue weighted by atomic mass is 16.4. The van der Waals surface area contributed by atoms with Crippen molar-refractivity contribution in [3.8, 4) is 0 Å². The van der Waals surface area contributed by atoms with Crippen molar-refractivity contribution in [2.24, 2.45) is 0 Å². The number of hydrogen-bond acceptors (Lipinski definition) is 3. The van der Waals surface area contributed by atoms with Gasteiger partial charge in [-0.1, -0.05) is 55.7 Å². The number of allylic oxidation sites excluding steroid dienone is 6. The van der Waals surface area contributed by atoms with Gasteiger partial charge in [0.2, 0.25) is 0 Å². The number of carboxylic acid groups (broad SMARTS) is 1. The zero-order chi connectivity index (χ0) is 17.9. The van der Waals surface area contributed by atoms with Gasteiger partial charge in [0.25, 0.3) is 0 Å². The molecule has 0 fully saturated rings. The third kappa shape index (κ3) is 17.0. The smallest absolute Gasteiger partial charge is 0.332 e. The first-order chi connectivity index (χ1) is 11.7. The second kappa shape index (κ2) is 18.0. The lowest BCUT2D eigenvalue weighted by Crippen LogP contribution is -2.18. The number of aliphatic carboxylic acids is 1. The van der Waals surface area contributed by atoms with Crippen molar-refractivity contribution >= 4 is 5.97 Å². The van der Waals surface area contributed by atoms with Crippen LogP contribution in [0.2, 0.25) is 0 Å². The quantitative estimate of drug-likeness (QED) is 0.288. The molecule has 0 saturated heterocycles. The fourth-order valence-corrected chi connectivity index (χ4v) is 2.23. The number of unbranched alkanes of at least 4 members (excludes halogenated alkanes) is 6. The molecule has 0 aliphatic rings. The Morgan fingerprint density at radius 2 is 1.25 bits per heavy atom. The maximum absolute atomic E-state index is 10.4. The van der Waals surface area contributed by atoms with Crippen molar-refractivity contribution in [1.29, 1.82) is 0 Å². The van der Waals surface area contributed by atoms with Gasteiger partial charge in [0, 0.05) is 6.61 Å². The van der Waals surface area contributed by atoms with Gasteiger partial charge in [-0.15, -0.1) is 0 Å². The number of hydrogen-bond donors (Lipinski definition) is 3. The minimum Gasteiger partial charge on any atom is -0.479 e. The summed E-state index contributed by atoms with van der Waals surface area (Å²) in [5.74, 6) is -1.13. The van der Waals surface area contributed by atoms with Gasteiger partial charge < -0.3 is 15.3 Å². The minimum atomic E-state index is -1.21. The molecule has 1 unspecified atom stereocenters. The summed E-state index contributed by atoms with van der Waals surface area (Å²) in [5, 5.41) is 26.3. The first-order valence-electron chi connectivity index (χ1n) is 9.15. The van der Waals surface area contributed by atoms with Crippen molar-refractivity contribution in [2.45, 2.75) is 76.7 Å². The van der Waals surface area contributed by atoms with Crippen LogP contribution >= 0.6 is 0 Å². The SMILES string of the molecule is O=C(O)C(O)CCCCCC=CCC=CCC=CCCCCCO. The molecule has 0 aromatic heterocycles. The van der Waals surface area contributed by atoms with Crippen molar-refractivity contribution in [3.05, 3.63) is 36.5 Å². The van der Waals surface area contributed by atoms with Crippen molar-refractivity contribution in [2.75, 3.05) is 6.61 Å². The van der Waals surface area contributed by atoms with Crippen LogP contribution in [0.25, 0.3) is 0 Å². The standard InChI is InChI=1S/C20H34O4/c21-18-16-14-12-10-8-6-4-2-1-3-5-7-9-11-13-15-17-19(22)20(23)24/h1-2,5-8,19,21-22H,3-4,9-18H2,(H,23,24). The molecule has 0 aliphatic heterocycles. The minimum absolute atomic E-state index is 0.299. The number of carboxylic acids is 1. The lowest BCUT2D eigenvalue weighted by Gasteiger charge is -2.03. The lowest BCUT2D eigenvalue weighted by atomic mass is 10.1. The molecule has 0 spiro atoms. The fraction of sp³-hybridized carbons (Fsp3) is 0.650. The molecular weight excluding hydrogens is 304 g/mol. The highest BCUT2D eigenvalue weighted by Gasteiger charge is 2.11. The molecule has 0 bridgehead atoms. The summed E-state index contributed by atoms with van der Waals surface area (Å²) < 4.78 is 0. The van der Waals surface area contributed by atoms with E-state index in [0.717, 1.165) is 64.2 Å². The highest BCUT2D eigenvalue weighted by molar-refractivity contribution is 5.71. The molecular formula is C20H34O4. The molecule has 3 N–H and O–H groups in total. The number of aliphatic hydroxyl groups excluding tert-OH is 2. The van der Waals surface area contributed by atoms with E-state index in [4.69, 9.17) is 15.3 Å². The topological polar surface area (TPSA) is 77.8 Å². The molecule has 1 atom stereocenters. The van der Waals surface area contributed by atoms with Crippen LogP contribution in [0.5, 0.6) is 0 Å². The number of aliphatic hydroxyl groups is 2. The van der Waals surface area contributed by atoms with E-state index in [2.05, 4.69) is 36.5 Å². The maximum Gasteiger partial charge on any atom is 0.332 e. The summed E-state index contributed by atoms with van der Waals surface area (Å²) >= 11 is 0. The molecule has 4 nitrogen and oxygen atoms in total. The third-order valence-electron chi connectivity index (χ3n) is 3.71. The molecule has 0 aromatic rings. The molecule has 0 saturated carbocycles. The van der Waals surface area contributed by atoms with Gasteiger partial charge >= 0.3 is 5.97 Å². The van der Waals surface area contributed by atoms with Gasteiger partial charge in [-0.2, -0.15) is 0 Å². The van der Waals surface area contributed by atoms with Crippen LogP contribution in [0, 0.1) is 0 Å². The Hall–Kier alpha value is -1.39. The zero-order valence-corrected chi connectivity index (χ0v) is 14.8. The molecule has 0 aliphatic carbocycles. The summed E-state index contributed by atoms with van der Waals surface area (Å²) in [5.41, 5.74) is 0. The van der Waals surface area contributed by atoms with Crippen LogP contribution in [0.1, 0.15) is 70.6 Å². The second-order valence-electron chi connectivity index (χ2n) is 5.95. The van der Waals surface area contributed by atoms with Gasteiger partial charge in [-0.3, -0.25) is 0 Å². The normalized spacial score (nSPS) is 13.4. The van der Waals surface area contributed by atoms with Crippen molar-refractivity contribution in [1.82, 2.24) is 0 Å². The Labute approximate surface area is 146 Å². The molecule has 24 heavy (non-hydrogen) atoms. The second-order valence-corrected chi connectivity index (χ2v) is 5.95. The first kappa shape index (κ1) is 22.6. The van der Waals surface area contributed by atoms with Crippen LogP contribution in [0.3, 0.4) is 0 Å². The zero-order valence-electron chi connectivity index (χ0n) is 14.8. The highest BCUT2D eigenvalue weighted by Crippen LogP contribution is 2.07. The molecule has 0 radical (unpaired) electrons. The van der Waals surface area contributed by atoms with Crippen LogP contribution < -0.4 is 0 Å². The van der Waals surface area contributed by atoms with Gasteiger partial charge in [-0.05, 0) is 51.4 Å². The Balaban J connectivity index is 3.36. The van der Waals surface area contributed by atoms with Crippen LogP contribution in [0.15, 0.2) is 36.5 Å². The van der Waals surface area contributed by atoms with Crippen LogP contribution in [-0.4, -0.2) is 34.0 Å². The van der Waals surface area contributed by atoms with Gasteiger partial charge in [0.1, 0.15) is 0 Å². The maximum atomic E-state index is 10.4. The summed E-state index contributed by atoms with van der Waals surface area (Å²) in [6.07, 6.45) is 22.1. The largest absolute Gasteiger partial charge is 0.479 e. The Morgan fingerprint density at radius 1 is 0.750 bits per heavy atom. The number of rotatable bonds is 16. The van der Waals surface area contributed by atoms with E-state index in [1.54, 1.807) is 0 Å². The molecule has 0 rings (SSSR count). The monoisotopic (exact) mass is 338 g/mol. The van der Waals surface area contributed by atoms with Crippen molar-refractivity contribution in [3.63, 3.8) is 0 Å². The molecule has 138 valence electrons. The summed E-state index contributed by atoms with van der Waals surface area (Å²) in [4.78, 5) is 10.4. The summed E-state index contributed by atoms with van der Waals surface area (Å²) in [7, 11) is 0. The van der Waals surface area contributed by atoms with E-state index in [1.165, 1.54) is 0 Å². The van der Waals surface area contributed by atoms with Crippen LogP contribution in [0.4, 0.5) is 0 Å². The van der Waals surface area contributed by atoms with Crippen molar-refractivity contribution < 1.29 is 20.1 Å². The van der Waals surface area contributed by atoms with Gasteiger partial charge in [0.05, 0.1) is 0 Å². The average molecular weight is 338 g/mol. The van der Waals surface area contributed by atoms with Gasteiger partial charge in [0.15, 0.2) is 6.10 Å². The number of carbonyl (C=O) groups is 1. The molecule has 0 amide bonds. The molecule has 4 heteroatoms. The fourth-order valence-electron chi connectivity index (χ4n) is 2.23. The Bertz CT molecular complexity index is 372. The summed E-state index contributed by atoms with van der Waals surface area (Å²) in [6, 6.07) is 0. The Morgan fingerprint density at radius 3 is 1.75 bits per heavy atom.